The van der Waals surface area contributed by atoms with Crippen LogP contribution in [0.2, 0.25) is 0 Å². The summed E-state index contributed by atoms with van der Waals surface area (Å²) in [6.07, 6.45) is 0. The molecule has 140 valence electrons. The Bertz CT molecular complexity index is 969. The van der Waals surface area contributed by atoms with Crippen molar-refractivity contribution >= 4 is 28.6 Å². The molecule has 0 radical (unpaired) electrons. The largest absolute Gasteiger partial charge is 0.452 e. The van der Waals surface area contributed by atoms with Crippen LogP contribution in [0.3, 0.4) is 0 Å². The molecule has 0 spiro atoms. The molecule has 0 fully saturated rings. The van der Waals surface area contributed by atoms with Gasteiger partial charge in [0.05, 0.1) is 11.1 Å². The lowest BCUT2D eigenvalue weighted by molar-refractivity contribution is -0.121. The number of fused-ring (bicyclic) bond motifs is 1. The van der Waals surface area contributed by atoms with Crippen molar-refractivity contribution in [2.45, 2.75) is 20.4 Å². The van der Waals surface area contributed by atoms with Crippen molar-refractivity contribution in [3.63, 3.8) is 0 Å². The van der Waals surface area contributed by atoms with E-state index < -0.39 is 18.5 Å². The monoisotopic (exact) mass is 370 g/mol. The van der Waals surface area contributed by atoms with Crippen molar-refractivity contribution in [3.8, 4) is 0 Å². The zero-order valence-corrected chi connectivity index (χ0v) is 15.1. The number of rotatable bonds is 6. The fourth-order valence-electron chi connectivity index (χ4n) is 2.75. The van der Waals surface area contributed by atoms with Crippen LogP contribution in [0, 0.1) is 5.82 Å². The number of aromatic nitrogens is 3. The topological polar surface area (TPSA) is 77.3 Å². The van der Waals surface area contributed by atoms with E-state index in [1.165, 1.54) is 29.2 Å². The van der Waals surface area contributed by atoms with Crippen molar-refractivity contribution in [3.05, 3.63) is 53.8 Å². The molecule has 27 heavy (non-hydrogen) atoms. The molecule has 0 saturated heterocycles. The number of anilines is 1. The van der Waals surface area contributed by atoms with Crippen molar-refractivity contribution in [2.24, 2.45) is 0 Å². The summed E-state index contributed by atoms with van der Waals surface area (Å²) in [7, 11) is 0. The Kier molecular flexibility index (Phi) is 5.44. The number of esters is 1. The number of halogens is 1. The van der Waals surface area contributed by atoms with E-state index in [1.807, 2.05) is 6.92 Å². The Morgan fingerprint density at radius 3 is 2.56 bits per heavy atom. The van der Waals surface area contributed by atoms with Crippen LogP contribution in [0.15, 0.2) is 42.5 Å². The molecular formula is C19H19FN4O3. The minimum Gasteiger partial charge on any atom is -0.452 e. The maximum absolute atomic E-state index is 13.0. The number of carbonyl (C=O) groups excluding carboxylic acids is 2. The number of likely N-dealkylation sites (N-methyl/N-ethyl adjacent to an activating group) is 1. The number of carbonyl (C=O) groups is 2. The average Bonchev–Trinajstić information content (AvgIpc) is 3.10. The number of hydrogen-bond acceptors (Lipinski definition) is 5. The van der Waals surface area contributed by atoms with Crippen LogP contribution in [0.5, 0.6) is 0 Å². The zero-order chi connectivity index (χ0) is 19.4. The van der Waals surface area contributed by atoms with E-state index in [4.69, 9.17) is 4.74 Å². The van der Waals surface area contributed by atoms with Crippen molar-refractivity contribution < 1.29 is 18.7 Å². The third-order valence-electron chi connectivity index (χ3n) is 4.13. The highest BCUT2D eigenvalue weighted by molar-refractivity contribution is 5.98. The quantitative estimate of drug-likeness (QED) is 0.624. The third kappa shape index (κ3) is 3.94. The van der Waals surface area contributed by atoms with E-state index in [9.17, 15) is 14.0 Å². The SMILES string of the molecule is CCN(C(=O)COC(=O)c1ccc2c(c1)nnn2CC)c1ccc(F)cc1. The Morgan fingerprint density at radius 2 is 1.89 bits per heavy atom. The number of hydrogen-bond donors (Lipinski definition) is 0. The van der Waals surface area contributed by atoms with Gasteiger partial charge in [0.15, 0.2) is 6.61 Å². The molecule has 0 aliphatic rings. The summed E-state index contributed by atoms with van der Waals surface area (Å²) in [5, 5.41) is 8.00. The molecule has 0 aliphatic heterocycles. The maximum atomic E-state index is 13.0. The molecule has 0 bridgehead atoms. The summed E-state index contributed by atoms with van der Waals surface area (Å²) in [6.45, 7) is 4.36. The van der Waals surface area contributed by atoms with Gasteiger partial charge in [-0.25, -0.2) is 13.9 Å². The highest BCUT2D eigenvalue weighted by Gasteiger charge is 2.17. The predicted molar refractivity (Wildman–Crippen MR) is 97.9 cm³/mol. The van der Waals surface area contributed by atoms with Gasteiger partial charge in [-0.05, 0) is 56.3 Å². The molecule has 2 aromatic carbocycles. The van der Waals surface area contributed by atoms with Crippen LogP contribution in [-0.4, -0.2) is 40.0 Å². The van der Waals surface area contributed by atoms with Gasteiger partial charge >= 0.3 is 5.97 Å². The molecule has 7 nitrogen and oxygen atoms in total. The standard InChI is InChI=1S/C19H19FN4O3/c1-3-23(15-8-6-14(20)7-9-15)18(25)12-27-19(26)13-5-10-17-16(11-13)21-22-24(17)4-2/h5-11H,3-4,12H2,1-2H3. The normalized spacial score (nSPS) is 10.8. The molecule has 0 saturated carbocycles. The van der Waals surface area contributed by atoms with Crippen molar-refractivity contribution in [2.75, 3.05) is 18.1 Å². The number of ether oxygens (including phenoxy) is 1. The molecule has 1 heterocycles. The van der Waals surface area contributed by atoms with Gasteiger partial charge in [-0.1, -0.05) is 5.21 Å². The van der Waals surface area contributed by atoms with Gasteiger partial charge in [-0.15, -0.1) is 5.10 Å². The first-order chi connectivity index (χ1) is 13.0. The van der Waals surface area contributed by atoms with E-state index in [1.54, 1.807) is 29.8 Å². The first kappa shape index (κ1) is 18.5. The number of benzene rings is 2. The van der Waals surface area contributed by atoms with Crippen molar-refractivity contribution in [1.29, 1.82) is 0 Å². The van der Waals surface area contributed by atoms with Crippen molar-refractivity contribution in [1.82, 2.24) is 15.0 Å². The van der Waals surface area contributed by atoms with Crippen LogP contribution in [0.1, 0.15) is 24.2 Å². The second-order valence-electron chi connectivity index (χ2n) is 5.80. The van der Waals surface area contributed by atoms with Gasteiger partial charge in [0.2, 0.25) is 0 Å². The first-order valence-corrected chi connectivity index (χ1v) is 8.59. The maximum Gasteiger partial charge on any atom is 0.338 e. The van der Waals surface area contributed by atoms with E-state index >= 15 is 0 Å². The van der Waals surface area contributed by atoms with Gasteiger partial charge < -0.3 is 9.64 Å². The van der Waals surface area contributed by atoms with Crippen LogP contribution < -0.4 is 4.90 Å². The lowest BCUT2D eigenvalue weighted by Gasteiger charge is -2.20. The van der Waals surface area contributed by atoms with E-state index in [0.29, 0.717) is 29.9 Å². The summed E-state index contributed by atoms with van der Waals surface area (Å²) < 4.78 is 19.9. The fraction of sp³-hybridized carbons (Fsp3) is 0.263. The second kappa shape index (κ2) is 7.94. The summed E-state index contributed by atoms with van der Waals surface area (Å²) in [6, 6.07) is 10.5. The smallest absolute Gasteiger partial charge is 0.338 e. The molecule has 8 heteroatoms. The molecule has 3 aromatic rings. The Balaban J connectivity index is 1.67. The first-order valence-electron chi connectivity index (χ1n) is 8.59. The van der Waals surface area contributed by atoms with Gasteiger partial charge in [0.25, 0.3) is 5.91 Å². The van der Waals surface area contributed by atoms with Crippen LogP contribution in [0.4, 0.5) is 10.1 Å². The van der Waals surface area contributed by atoms with Gasteiger partial charge in [-0.2, -0.15) is 0 Å². The summed E-state index contributed by atoms with van der Waals surface area (Å²) in [5.41, 5.74) is 2.23. The molecular weight excluding hydrogens is 351 g/mol. The van der Waals surface area contributed by atoms with Gasteiger partial charge in [-0.3, -0.25) is 4.79 Å². The average molecular weight is 370 g/mol. The Hall–Kier alpha value is -3.29. The Labute approximate surface area is 155 Å². The predicted octanol–water partition coefficient (Wildman–Crippen LogP) is 2.80. The molecule has 0 atom stereocenters. The lowest BCUT2D eigenvalue weighted by Crippen LogP contribution is -2.34. The molecule has 0 N–H and O–H groups in total. The van der Waals surface area contributed by atoms with E-state index in [2.05, 4.69) is 10.3 Å². The molecule has 3 rings (SSSR count). The van der Waals surface area contributed by atoms with E-state index in [0.717, 1.165) is 5.52 Å². The highest BCUT2D eigenvalue weighted by atomic mass is 19.1. The van der Waals surface area contributed by atoms with Crippen LogP contribution >= 0.6 is 0 Å². The number of nitrogens with zero attached hydrogens (tertiary/aromatic N) is 4. The third-order valence-corrected chi connectivity index (χ3v) is 4.13. The lowest BCUT2D eigenvalue weighted by atomic mass is 10.2. The van der Waals surface area contributed by atoms with Crippen LogP contribution in [-0.2, 0) is 16.1 Å². The fourth-order valence-corrected chi connectivity index (χ4v) is 2.75. The molecule has 0 aliphatic carbocycles. The zero-order valence-electron chi connectivity index (χ0n) is 15.1. The highest BCUT2D eigenvalue weighted by Crippen LogP contribution is 2.16. The van der Waals surface area contributed by atoms with Crippen LogP contribution in [0.25, 0.3) is 11.0 Å². The minimum absolute atomic E-state index is 0.295. The summed E-state index contributed by atoms with van der Waals surface area (Å²) in [4.78, 5) is 26.1. The molecule has 0 unspecified atom stereocenters. The summed E-state index contributed by atoms with van der Waals surface area (Å²) in [5.74, 6) is -1.40. The van der Waals surface area contributed by atoms with Gasteiger partial charge in [0, 0.05) is 18.8 Å². The summed E-state index contributed by atoms with van der Waals surface area (Å²) >= 11 is 0. The molecule has 1 amide bonds. The molecule has 1 aromatic heterocycles. The second-order valence-corrected chi connectivity index (χ2v) is 5.80. The van der Waals surface area contributed by atoms with Gasteiger partial charge in [0.1, 0.15) is 11.3 Å². The number of amides is 1. The minimum atomic E-state index is -0.619. The Morgan fingerprint density at radius 1 is 1.15 bits per heavy atom. The number of aryl methyl sites for hydroxylation is 1. The van der Waals surface area contributed by atoms with E-state index in [-0.39, 0.29) is 5.82 Å².